The van der Waals surface area contributed by atoms with Crippen LogP contribution in [0.15, 0.2) is 12.1 Å². The molecule has 0 aliphatic rings. The first-order valence-corrected chi connectivity index (χ1v) is 9.69. The average Bonchev–Trinajstić information content (AvgIpc) is 3.14. The summed E-state index contributed by atoms with van der Waals surface area (Å²) in [5.74, 6) is 2.32. The molecule has 2 rings (SSSR count). The zero-order valence-corrected chi connectivity index (χ0v) is 16.8. The molecule has 0 fully saturated rings. The van der Waals surface area contributed by atoms with Crippen molar-refractivity contribution in [3.63, 3.8) is 0 Å². The van der Waals surface area contributed by atoms with Crippen molar-refractivity contribution in [3.8, 4) is 5.88 Å². The van der Waals surface area contributed by atoms with E-state index in [9.17, 15) is 0 Å². The van der Waals surface area contributed by atoms with Gasteiger partial charge in [-0.1, -0.05) is 39.5 Å². The number of hydrogen-bond donors (Lipinski definition) is 3. The third kappa shape index (κ3) is 6.09. The number of hydrogen-bond acceptors (Lipinski definition) is 7. The van der Waals surface area contributed by atoms with Gasteiger partial charge in [0.15, 0.2) is 5.82 Å². The Kier molecular flexibility index (Phi) is 8.32. The largest absolute Gasteiger partial charge is 0.481 e. The van der Waals surface area contributed by atoms with Gasteiger partial charge in [-0.25, -0.2) is 0 Å². The van der Waals surface area contributed by atoms with Crippen molar-refractivity contribution < 1.29 is 9.84 Å². The maximum absolute atomic E-state index is 9.17. The monoisotopic (exact) mass is 376 g/mol. The lowest BCUT2D eigenvalue weighted by Gasteiger charge is -2.28. The normalized spacial score (nSPS) is 11.0. The molecule has 8 nitrogen and oxygen atoms in total. The maximum Gasteiger partial charge on any atom is 0.230 e. The summed E-state index contributed by atoms with van der Waals surface area (Å²) in [4.78, 5) is 11.3. The summed E-state index contributed by atoms with van der Waals surface area (Å²) in [5, 5.41) is 19.2. The lowest BCUT2D eigenvalue weighted by molar-refractivity contribution is 0.276. The van der Waals surface area contributed by atoms with Gasteiger partial charge in [-0.3, -0.25) is 5.10 Å². The number of aliphatic hydroxyl groups is 1. The molecule has 0 atom stereocenters. The van der Waals surface area contributed by atoms with E-state index >= 15 is 0 Å². The van der Waals surface area contributed by atoms with E-state index < -0.39 is 0 Å². The fourth-order valence-electron chi connectivity index (χ4n) is 2.95. The van der Waals surface area contributed by atoms with Crippen molar-refractivity contribution in [2.45, 2.75) is 65.0 Å². The van der Waals surface area contributed by atoms with Gasteiger partial charge in [-0.2, -0.15) is 15.1 Å². The van der Waals surface area contributed by atoms with Crippen LogP contribution in [0.2, 0.25) is 0 Å². The molecular formula is C19H32N6O2. The van der Waals surface area contributed by atoms with Gasteiger partial charge in [0.25, 0.3) is 0 Å². The number of unbranched alkanes of at least 4 members (excludes halogenated alkanes) is 2. The standard InChI is InChI=1S/C19H32N6O2/c1-5-7-9-15(10-8-6-2)25(3)19-21-16(12-18(22-19)27-4)20-17-11-14(13-26)23-24-17/h11-12,15,26H,5-10,13H2,1-4H3,(H2,20,21,22,23,24). The Morgan fingerprint density at radius 3 is 2.41 bits per heavy atom. The molecule has 2 aromatic rings. The van der Waals surface area contributed by atoms with Gasteiger partial charge in [-0.15, -0.1) is 0 Å². The number of ether oxygens (including phenoxy) is 1. The Morgan fingerprint density at radius 2 is 1.85 bits per heavy atom. The predicted molar refractivity (Wildman–Crippen MR) is 108 cm³/mol. The quantitative estimate of drug-likeness (QED) is 0.520. The fourth-order valence-corrected chi connectivity index (χ4v) is 2.95. The number of H-pyrrole nitrogens is 1. The molecule has 0 spiro atoms. The van der Waals surface area contributed by atoms with Crippen LogP contribution >= 0.6 is 0 Å². The van der Waals surface area contributed by atoms with E-state index in [0.29, 0.717) is 35.2 Å². The molecular weight excluding hydrogens is 344 g/mol. The Labute approximate surface area is 161 Å². The molecule has 0 saturated heterocycles. The minimum atomic E-state index is -0.0910. The smallest absolute Gasteiger partial charge is 0.230 e. The van der Waals surface area contributed by atoms with Crippen LogP contribution in [0.5, 0.6) is 5.88 Å². The van der Waals surface area contributed by atoms with Crippen LogP contribution in [0, 0.1) is 0 Å². The Balaban J connectivity index is 2.22. The lowest BCUT2D eigenvalue weighted by atomic mass is 10.0. The van der Waals surface area contributed by atoms with E-state index in [1.165, 1.54) is 25.7 Å². The Hall–Kier alpha value is -2.35. The molecule has 0 saturated carbocycles. The van der Waals surface area contributed by atoms with Crippen LogP contribution < -0.4 is 15.0 Å². The van der Waals surface area contributed by atoms with E-state index in [2.05, 4.69) is 44.2 Å². The van der Waals surface area contributed by atoms with E-state index in [0.717, 1.165) is 12.8 Å². The molecule has 3 N–H and O–H groups in total. The number of anilines is 3. The van der Waals surface area contributed by atoms with Crippen molar-refractivity contribution in [1.82, 2.24) is 20.2 Å². The number of aliphatic hydroxyl groups excluding tert-OH is 1. The van der Waals surface area contributed by atoms with Crippen LogP contribution in [-0.4, -0.2) is 45.5 Å². The summed E-state index contributed by atoms with van der Waals surface area (Å²) < 4.78 is 5.37. The summed E-state index contributed by atoms with van der Waals surface area (Å²) in [6.07, 6.45) is 6.96. The highest BCUT2D eigenvalue weighted by atomic mass is 16.5. The number of aromatic nitrogens is 4. The first-order valence-electron chi connectivity index (χ1n) is 9.69. The fraction of sp³-hybridized carbons (Fsp3) is 0.632. The Bertz CT molecular complexity index is 683. The Morgan fingerprint density at radius 1 is 1.15 bits per heavy atom. The molecule has 2 heterocycles. The number of nitrogens with zero attached hydrogens (tertiary/aromatic N) is 4. The van der Waals surface area contributed by atoms with Crippen LogP contribution in [0.25, 0.3) is 0 Å². The van der Waals surface area contributed by atoms with E-state index in [1.807, 2.05) is 7.05 Å². The van der Waals surface area contributed by atoms with Crippen molar-refractivity contribution in [2.24, 2.45) is 0 Å². The third-order valence-corrected chi connectivity index (χ3v) is 4.60. The topological polar surface area (TPSA) is 99.2 Å². The second-order valence-corrected chi connectivity index (χ2v) is 6.71. The van der Waals surface area contributed by atoms with Gasteiger partial charge in [0.05, 0.1) is 19.4 Å². The van der Waals surface area contributed by atoms with Gasteiger partial charge in [0.2, 0.25) is 11.8 Å². The first kappa shape index (κ1) is 21.0. The van der Waals surface area contributed by atoms with E-state index in [1.54, 1.807) is 19.2 Å². The zero-order chi connectivity index (χ0) is 19.6. The van der Waals surface area contributed by atoms with Crippen LogP contribution in [-0.2, 0) is 6.61 Å². The van der Waals surface area contributed by atoms with Gasteiger partial charge in [0, 0.05) is 25.2 Å². The highest BCUT2D eigenvalue weighted by Crippen LogP contribution is 2.24. The SMILES string of the molecule is CCCCC(CCCC)N(C)c1nc(Nc2cc(CO)[nH]n2)cc(OC)n1. The summed E-state index contributed by atoms with van der Waals surface area (Å²) >= 11 is 0. The number of aromatic amines is 1. The lowest BCUT2D eigenvalue weighted by Crippen LogP contribution is -2.33. The van der Waals surface area contributed by atoms with Crippen molar-refractivity contribution in [2.75, 3.05) is 24.4 Å². The maximum atomic E-state index is 9.17. The van der Waals surface area contributed by atoms with E-state index in [-0.39, 0.29) is 6.61 Å². The zero-order valence-electron chi connectivity index (χ0n) is 16.8. The first-order chi connectivity index (χ1) is 13.1. The van der Waals surface area contributed by atoms with E-state index in [4.69, 9.17) is 9.84 Å². The van der Waals surface area contributed by atoms with Gasteiger partial charge in [-0.05, 0) is 12.8 Å². The average molecular weight is 377 g/mol. The molecule has 2 aromatic heterocycles. The van der Waals surface area contributed by atoms with Crippen LogP contribution in [0.1, 0.15) is 58.1 Å². The summed E-state index contributed by atoms with van der Waals surface area (Å²) in [6.45, 7) is 4.34. The number of nitrogens with one attached hydrogen (secondary N) is 2. The summed E-state index contributed by atoms with van der Waals surface area (Å²) in [6, 6.07) is 3.87. The molecule has 0 amide bonds. The predicted octanol–water partition coefficient (Wildman–Crippen LogP) is 3.63. The van der Waals surface area contributed by atoms with Gasteiger partial charge in [0.1, 0.15) is 5.82 Å². The third-order valence-electron chi connectivity index (χ3n) is 4.60. The number of methoxy groups -OCH3 is 1. The van der Waals surface area contributed by atoms with Crippen molar-refractivity contribution in [3.05, 3.63) is 17.8 Å². The summed E-state index contributed by atoms with van der Waals surface area (Å²) in [5.41, 5.74) is 0.634. The van der Waals surface area contributed by atoms with Crippen LogP contribution in [0.3, 0.4) is 0 Å². The molecule has 0 radical (unpaired) electrons. The highest BCUT2D eigenvalue weighted by Gasteiger charge is 2.18. The number of rotatable bonds is 12. The molecule has 0 aliphatic carbocycles. The molecule has 150 valence electrons. The second-order valence-electron chi connectivity index (χ2n) is 6.71. The molecule has 0 unspecified atom stereocenters. The van der Waals surface area contributed by atoms with Gasteiger partial charge < -0.3 is 20.1 Å². The minimum Gasteiger partial charge on any atom is -0.481 e. The molecule has 8 heteroatoms. The van der Waals surface area contributed by atoms with Gasteiger partial charge >= 0.3 is 0 Å². The molecule has 0 aliphatic heterocycles. The minimum absolute atomic E-state index is 0.0910. The summed E-state index contributed by atoms with van der Waals surface area (Å²) in [7, 11) is 3.65. The van der Waals surface area contributed by atoms with Crippen molar-refractivity contribution in [1.29, 1.82) is 0 Å². The molecule has 0 aromatic carbocycles. The molecule has 27 heavy (non-hydrogen) atoms. The van der Waals surface area contributed by atoms with Crippen LogP contribution in [0.4, 0.5) is 17.6 Å². The molecule has 0 bridgehead atoms. The highest BCUT2D eigenvalue weighted by molar-refractivity contribution is 5.55. The van der Waals surface area contributed by atoms with Crippen molar-refractivity contribution >= 4 is 17.6 Å². The second kappa shape index (κ2) is 10.7.